The number of H-pyrrole nitrogens is 1. The third kappa shape index (κ3) is 4.15. The van der Waals surface area contributed by atoms with E-state index in [0.717, 1.165) is 44.6 Å². The fourth-order valence-electron chi connectivity index (χ4n) is 5.14. The second-order valence-electron chi connectivity index (χ2n) is 9.16. The number of aryl methyl sites for hydroxylation is 1. The van der Waals surface area contributed by atoms with Crippen LogP contribution in [-0.4, -0.2) is 62.7 Å². The lowest BCUT2D eigenvalue weighted by atomic mass is 10.1. The highest BCUT2D eigenvalue weighted by Crippen LogP contribution is 2.24. The first-order chi connectivity index (χ1) is 16.5. The van der Waals surface area contributed by atoms with E-state index in [1.807, 2.05) is 17.9 Å². The SMILES string of the molecule is Cc1cccc(C#N)c1-n1[nH]c(-c2ccc(C(=O)N3CCC[C@H]3CN3CCCC3)cn2)cc1=O. The van der Waals surface area contributed by atoms with Crippen LogP contribution in [-0.2, 0) is 0 Å². The van der Waals surface area contributed by atoms with Gasteiger partial charge in [-0.25, -0.2) is 4.68 Å². The van der Waals surface area contributed by atoms with Gasteiger partial charge in [0.1, 0.15) is 6.07 Å². The smallest absolute Gasteiger partial charge is 0.271 e. The highest BCUT2D eigenvalue weighted by molar-refractivity contribution is 5.94. The van der Waals surface area contributed by atoms with Gasteiger partial charge in [0, 0.05) is 31.4 Å². The lowest BCUT2D eigenvalue weighted by Gasteiger charge is -2.28. The first-order valence-corrected chi connectivity index (χ1v) is 11.9. The Balaban J connectivity index is 1.36. The minimum Gasteiger partial charge on any atom is -0.334 e. The van der Waals surface area contributed by atoms with E-state index in [0.29, 0.717) is 28.2 Å². The average Bonchev–Trinajstić information content (AvgIpc) is 3.61. The van der Waals surface area contributed by atoms with Crippen molar-refractivity contribution in [2.45, 2.75) is 38.6 Å². The van der Waals surface area contributed by atoms with Crippen LogP contribution < -0.4 is 5.56 Å². The first-order valence-electron chi connectivity index (χ1n) is 11.9. The van der Waals surface area contributed by atoms with Gasteiger partial charge in [-0.3, -0.25) is 19.7 Å². The second-order valence-corrected chi connectivity index (χ2v) is 9.16. The number of aromatic amines is 1. The van der Waals surface area contributed by atoms with E-state index in [-0.39, 0.29) is 17.5 Å². The zero-order valence-electron chi connectivity index (χ0n) is 19.3. The van der Waals surface area contributed by atoms with E-state index >= 15 is 0 Å². The maximum Gasteiger partial charge on any atom is 0.271 e. The Morgan fingerprint density at radius 1 is 1.18 bits per heavy atom. The molecule has 2 fully saturated rings. The van der Waals surface area contributed by atoms with Crippen LogP contribution >= 0.6 is 0 Å². The second kappa shape index (κ2) is 9.27. The number of likely N-dealkylation sites (tertiary alicyclic amines) is 2. The molecule has 1 amide bonds. The van der Waals surface area contributed by atoms with Gasteiger partial charge >= 0.3 is 0 Å². The van der Waals surface area contributed by atoms with Gasteiger partial charge in [-0.05, 0) is 69.5 Å². The Labute approximate surface area is 198 Å². The van der Waals surface area contributed by atoms with Crippen molar-refractivity contribution in [3.63, 3.8) is 0 Å². The highest BCUT2D eigenvalue weighted by Gasteiger charge is 2.31. The lowest BCUT2D eigenvalue weighted by Crippen LogP contribution is -2.42. The molecule has 3 aromatic rings. The Bertz CT molecular complexity index is 1290. The first kappa shape index (κ1) is 22.1. The number of carbonyl (C=O) groups excluding carboxylic acids is 1. The van der Waals surface area contributed by atoms with Crippen LogP contribution in [0.1, 0.15) is 47.2 Å². The van der Waals surface area contributed by atoms with Crippen LogP contribution in [0.25, 0.3) is 17.1 Å². The van der Waals surface area contributed by atoms with E-state index in [2.05, 4.69) is 21.1 Å². The zero-order chi connectivity index (χ0) is 23.7. The molecule has 5 rings (SSSR count). The van der Waals surface area contributed by atoms with Crippen molar-refractivity contribution in [1.82, 2.24) is 24.6 Å². The molecule has 1 atom stereocenters. The summed E-state index contributed by atoms with van der Waals surface area (Å²) >= 11 is 0. The largest absolute Gasteiger partial charge is 0.334 e. The van der Waals surface area contributed by atoms with E-state index in [1.165, 1.54) is 23.6 Å². The normalized spacial score (nSPS) is 18.4. The number of rotatable bonds is 5. The molecule has 2 aliphatic heterocycles. The summed E-state index contributed by atoms with van der Waals surface area (Å²) in [5.41, 5.74) is 3.15. The van der Waals surface area contributed by atoms with Gasteiger partial charge in [0.15, 0.2) is 0 Å². The maximum absolute atomic E-state index is 13.2. The van der Waals surface area contributed by atoms with Gasteiger partial charge < -0.3 is 9.80 Å². The Hall–Kier alpha value is -3.70. The molecule has 0 bridgehead atoms. The number of hydrogen-bond donors (Lipinski definition) is 1. The summed E-state index contributed by atoms with van der Waals surface area (Å²) < 4.78 is 1.37. The van der Waals surface area contributed by atoms with Crippen molar-refractivity contribution in [3.8, 4) is 23.1 Å². The summed E-state index contributed by atoms with van der Waals surface area (Å²) in [6.45, 7) is 5.86. The van der Waals surface area contributed by atoms with Crippen molar-refractivity contribution >= 4 is 5.91 Å². The number of hydrogen-bond acceptors (Lipinski definition) is 5. The van der Waals surface area contributed by atoms with Crippen LogP contribution in [0, 0.1) is 18.3 Å². The molecule has 8 heteroatoms. The van der Waals surface area contributed by atoms with Gasteiger partial charge in [-0.1, -0.05) is 12.1 Å². The van der Waals surface area contributed by atoms with Crippen LogP contribution in [0.2, 0.25) is 0 Å². The Morgan fingerprint density at radius 2 is 2.00 bits per heavy atom. The number of carbonyl (C=O) groups is 1. The van der Waals surface area contributed by atoms with Crippen molar-refractivity contribution in [3.05, 3.63) is 69.6 Å². The van der Waals surface area contributed by atoms with Crippen molar-refractivity contribution < 1.29 is 4.79 Å². The molecule has 2 aromatic heterocycles. The van der Waals surface area contributed by atoms with Crippen LogP contribution in [0.3, 0.4) is 0 Å². The fraction of sp³-hybridized carbons (Fsp3) is 0.385. The molecule has 0 radical (unpaired) electrons. The zero-order valence-corrected chi connectivity index (χ0v) is 19.3. The third-order valence-electron chi connectivity index (χ3n) is 6.89. The number of nitrogens with zero attached hydrogens (tertiary/aromatic N) is 5. The number of nitrogens with one attached hydrogen (secondary N) is 1. The number of para-hydroxylation sites is 1. The average molecular weight is 457 g/mol. The van der Waals surface area contributed by atoms with Crippen LogP contribution in [0.5, 0.6) is 0 Å². The number of nitriles is 1. The van der Waals surface area contributed by atoms with E-state index in [9.17, 15) is 14.9 Å². The standard InChI is InChI=1S/C26H28N6O2/c1-18-6-4-7-19(15-27)25(18)32-24(33)14-23(29-32)22-10-9-20(16-28-22)26(34)31-13-5-8-21(31)17-30-11-2-3-12-30/h4,6-7,9-10,14,16,21,29H,2-3,5,8,11-13,17H2,1H3/t21-/m0/s1. The molecule has 0 unspecified atom stereocenters. The molecule has 0 saturated carbocycles. The van der Waals surface area contributed by atoms with Crippen LogP contribution in [0.15, 0.2) is 47.4 Å². The summed E-state index contributed by atoms with van der Waals surface area (Å²) in [4.78, 5) is 34.8. The summed E-state index contributed by atoms with van der Waals surface area (Å²) in [5, 5.41) is 12.5. The van der Waals surface area contributed by atoms with E-state index in [4.69, 9.17) is 0 Å². The summed E-state index contributed by atoms with van der Waals surface area (Å²) in [6.07, 6.45) is 6.17. The van der Waals surface area contributed by atoms with Gasteiger partial charge in [-0.15, -0.1) is 0 Å². The quantitative estimate of drug-likeness (QED) is 0.636. The molecule has 174 valence electrons. The number of pyridine rings is 1. The van der Waals surface area contributed by atoms with Gasteiger partial charge in [0.2, 0.25) is 0 Å². The summed E-state index contributed by atoms with van der Waals surface area (Å²) in [7, 11) is 0. The monoisotopic (exact) mass is 456 g/mol. The molecule has 0 aliphatic carbocycles. The number of benzene rings is 1. The molecule has 2 aliphatic rings. The number of amides is 1. The summed E-state index contributed by atoms with van der Waals surface area (Å²) in [5.74, 6) is 0.0189. The predicted molar refractivity (Wildman–Crippen MR) is 129 cm³/mol. The molecule has 2 saturated heterocycles. The highest BCUT2D eigenvalue weighted by atomic mass is 16.2. The number of aromatic nitrogens is 3. The molecule has 4 heterocycles. The maximum atomic E-state index is 13.2. The van der Waals surface area contributed by atoms with Crippen molar-refractivity contribution in [2.75, 3.05) is 26.2 Å². The predicted octanol–water partition coefficient (Wildman–Crippen LogP) is 3.11. The molecule has 1 N–H and O–H groups in total. The Kier molecular flexibility index (Phi) is 6.03. The van der Waals surface area contributed by atoms with Gasteiger partial charge in [0.25, 0.3) is 11.5 Å². The van der Waals surface area contributed by atoms with E-state index in [1.54, 1.807) is 30.5 Å². The van der Waals surface area contributed by atoms with E-state index < -0.39 is 0 Å². The third-order valence-corrected chi connectivity index (χ3v) is 6.89. The van der Waals surface area contributed by atoms with Crippen LogP contribution in [0.4, 0.5) is 0 Å². The molecule has 0 spiro atoms. The summed E-state index contributed by atoms with van der Waals surface area (Å²) in [6, 6.07) is 12.7. The fourth-order valence-corrected chi connectivity index (χ4v) is 5.14. The minimum atomic E-state index is -0.274. The lowest BCUT2D eigenvalue weighted by molar-refractivity contribution is 0.0708. The Morgan fingerprint density at radius 3 is 2.74 bits per heavy atom. The minimum absolute atomic E-state index is 0.0189. The topological polar surface area (TPSA) is 98.0 Å². The van der Waals surface area contributed by atoms with Crippen molar-refractivity contribution in [2.24, 2.45) is 0 Å². The van der Waals surface area contributed by atoms with Gasteiger partial charge in [-0.2, -0.15) is 5.26 Å². The molecule has 1 aromatic carbocycles. The molecule has 8 nitrogen and oxygen atoms in total. The molecule has 34 heavy (non-hydrogen) atoms. The van der Waals surface area contributed by atoms with Crippen molar-refractivity contribution in [1.29, 1.82) is 5.26 Å². The molecular weight excluding hydrogens is 428 g/mol. The van der Waals surface area contributed by atoms with Gasteiger partial charge in [0.05, 0.1) is 28.2 Å². The molecular formula is C26H28N6O2.